The van der Waals surface area contributed by atoms with Crippen LogP contribution in [0.5, 0.6) is 0 Å². The van der Waals surface area contributed by atoms with Crippen molar-refractivity contribution in [1.29, 1.82) is 0 Å². The van der Waals surface area contributed by atoms with Crippen molar-refractivity contribution >= 4 is 17.9 Å². The number of unbranched alkanes of at least 4 members (excludes halogenated alkanes) is 1. The number of carbonyl (C=O) groups is 2. The fourth-order valence-electron chi connectivity index (χ4n) is 4.52. The van der Waals surface area contributed by atoms with Crippen molar-refractivity contribution in [3.05, 3.63) is 59.8 Å². The lowest BCUT2D eigenvalue weighted by molar-refractivity contribution is -0.139. The standard InChI is InChI=1S/C28H40N4O5/c1-21(36-2)19-32(17-7-6-12-24-14-13-23-11-8-16-29-26(23)30-24)18-15-25(27(33)34)31-28(35)37-20-22-9-4-3-5-10-22/h3-5,8-11,16,21,24-25H,6-7,12-15,17-20H2,1-2H3,(H,29,30)(H,31,35)(H,33,34)/t21-,24+,25+/m1/s1. The summed E-state index contributed by atoms with van der Waals surface area (Å²) < 4.78 is 10.6. The number of hydrogen-bond donors (Lipinski definition) is 3. The van der Waals surface area contributed by atoms with Gasteiger partial charge in [-0.05, 0) is 62.8 Å². The third kappa shape index (κ3) is 10.0. The van der Waals surface area contributed by atoms with Crippen molar-refractivity contribution < 1.29 is 24.2 Å². The topological polar surface area (TPSA) is 113 Å². The van der Waals surface area contributed by atoms with E-state index in [0.717, 1.165) is 50.0 Å². The highest BCUT2D eigenvalue weighted by Gasteiger charge is 2.23. The number of rotatable bonds is 15. The number of alkyl carbamates (subject to hydrolysis) is 1. The largest absolute Gasteiger partial charge is 0.480 e. The van der Waals surface area contributed by atoms with Crippen LogP contribution in [-0.4, -0.2) is 72.0 Å². The van der Waals surface area contributed by atoms with E-state index >= 15 is 0 Å². The molecule has 2 heterocycles. The van der Waals surface area contributed by atoms with Gasteiger partial charge in [0.1, 0.15) is 18.5 Å². The van der Waals surface area contributed by atoms with Crippen LogP contribution in [0, 0.1) is 0 Å². The summed E-state index contributed by atoms with van der Waals surface area (Å²) in [5.74, 6) is -0.0718. The SMILES string of the molecule is CO[C@H](C)CN(CCCC[C@H]1CCc2cccnc2N1)CC[C@H](NC(=O)OCc1ccccc1)C(=O)O. The number of ether oxygens (including phenoxy) is 2. The van der Waals surface area contributed by atoms with Crippen molar-refractivity contribution in [3.63, 3.8) is 0 Å². The number of aryl methyl sites for hydroxylation is 1. The number of nitrogens with one attached hydrogen (secondary N) is 2. The van der Waals surface area contributed by atoms with Crippen LogP contribution in [0.4, 0.5) is 10.6 Å². The van der Waals surface area contributed by atoms with Crippen molar-refractivity contribution in [2.24, 2.45) is 0 Å². The normalized spacial score (nSPS) is 16.4. The van der Waals surface area contributed by atoms with Gasteiger partial charge in [0.15, 0.2) is 0 Å². The number of fused-ring (bicyclic) bond motifs is 1. The molecule has 9 nitrogen and oxygen atoms in total. The van der Waals surface area contributed by atoms with Crippen LogP contribution < -0.4 is 10.6 Å². The molecule has 0 spiro atoms. The number of carboxylic acids is 1. The van der Waals surface area contributed by atoms with Crippen molar-refractivity contribution in [1.82, 2.24) is 15.2 Å². The second kappa shape index (κ2) is 15.2. The van der Waals surface area contributed by atoms with E-state index < -0.39 is 18.1 Å². The molecule has 37 heavy (non-hydrogen) atoms. The molecule has 3 atom stereocenters. The second-order valence-electron chi connectivity index (χ2n) is 9.62. The van der Waals surface area contributed by atoms with E-state index in [1.807, 2.05) is 49.5 Å². The van der Waals surface area contributed by atoms with Gasteiger partial charge in [-0.15, -0.1) is 0 Å². The number of anilines is 1. The summed E-state index contributed by atoms with van der Waals surface area (Å²) in [5.41, 5.74) is 2.12. The first-order valence-electron chi connectivity index (χ1n) is 13.1. The average molecular weight is 513 g/mol. The number of carbonyl (C=O) groups excluding carboxylic acids is 1. The summed E-state index contributed by atoms with van der Waals surface area (Å²) in [6.07, 6.45) is 6.67. The summed E-state index contributed by atoms with van der Waals surface area (Å²) in [7, 11) is 1.67. The van der Waals surface area contributed by atoms with E-state index in [1.54, 1.807) is 7.11 Å². The highest BCUT2D eigenvalue weighted by atomic mass is 16.5. The van der Waals surface area contributed by atoms with E-state index in [9.17, 15) is 14.7 Å². The monoisotopic (exact) mass is 512 g/mol. The van der Waals surface area contributed by atoms with Crippen LogP contribution in [0.15, 0.2) is 48.7 Å². The summed E-state index contributed by atoms with van der Waals surface area (Å²) in [6, 6.07) is 12.8. The minimum absolute atomic E-state index is 0.0228. The maximum Gasteiger partial charge on any atom is 0.408 e. The van der Waals surface area contributed by atoms with Gasteiger partial charge in [-0.1, -0.05) is 42.8 Å². The van der Waals surface area contributed by atoms with Gasteiger partial charge in [0.2, 0.25) is 0 Å². The minimum atomic E-state index is -1.08. The summed E-state index contributed by atoms with van der Waals surface area (Å²) >= 11 is 0. The Kier molecular flexibility index (Phi) is 11.6. The first-order chi connectivity index (χ1) is 17.9. The minimum Gasteiger partial charge on any atom is -0.480 e. The van der Waals surface area contributed by atoms with Crippen LogP contribution in [0.3, 0.4) is 0 Å². The Bertz CT molecular complexity index is 974. The van der Waals surface area contributed by atoms with Gasteiger partial charge in [0, 0.05) is 32.4 Å². The lowest BCUT2D eigenvalue weighted by atomic mass is 9.97. The lowest BCUT2D eigenvalue weighted by Gasteiger charge is -2.28. The Morgan fingerprint density at radius 3 is 2.76 bits per heavy atom. The first-order valence-corrected chi connectivity index (χ1v) is 13.1. The molecule has 9 heteroatoms. The third-order valence-electron chi connectivity index (χ3n) is 6.73. The number of pyridine rings is 1. The number of aliphatic carboxylic acids is 1. The Morgan fingerprint density at radius 2 is 2.00 bits per heavy atom. The van der Waals surface area contributed by atoms with E-state index in [0.29, 0.717) is 19.1 Å². The van der Waals surface area contributed by atoms with E-state index in [1.165, 1.54) is 5.56 Å². The number of nitrogens with zero attached hydrogens (tertiary/aromatic N) is 2. The van der Waals surface area contributed by atoms with Gasteiger partial charge in [0.25, 0.3) is 0 Å². The predicted octanol–water partition coefficient (Wildman–Crippen LogP) is 4.09. The molecule has 1 aliphatic heterocycles. The van der Waals surface area contributed by atoms with E-state index in [2.05, 4.69) is 26.6 Å². The van der Waals surface area contributed by atoms with Gasteiger partial charge in [-0.2, -0.15) is 0 Å². The number of carboxylic acid groups (broad SMARTS) is 1. The second-order valence-corrected chi connectivity index (χ2v) is 9.62. The van der Waals surface area contributed by atoms with Crippen LogP contribution in [0.1, 0.15) is 50.2 Å². The smallest absolute Gasteiger partial charge is 0.408 e. The van der Waals surface area contributed by atoms with Crippen molar-refractivity contribution in [3.8, 4) is 0 Å². The maximum absolute atomic E-state index is 12.2. The molecule has 0 aliphatic carbocycles. The fraction of sp³-hybridized carbons (Fsp3) is 0.536. The molecule has 3 N–H and O–H groups in total. The molecule has 1 aromatic carbocycles. The first kappa shape index (κ1) is 28.4. The molecule has 3 rings (SSSR count). The predicted molar refractivity (Wildman–Crippen MR) is 143 cm³/mol. The highest BCUT2D eigenvalue weighted by Crippen LogP contribution is 2.24. The summed E-state index contributed by atoms with van der Waals surface area (Å²) in [4.78, 5) is 30.7. The zero-order chi connectivity index (χ0) is 26.5. The molecule has 1 aromatic heterocycles. The number of methoxy groups -OCH3 is 1. The number of amides is 1. The Labute approximate surface area is 219 Å². The maximum atomic E-state index is 12.2. The molecule has 0 saturated carbocycles. The van der Waals surface area contributed by atoms with Crippen LogP contribution in [0.2, 0.25) is 0 Å². The molecule has 202 valence electrons. The molecule has 1 aliphatic rings. The van der Waals surface area contributed by atoms with Crippen molar-refractivity contribution in [2.45, 2.75) is 70.2 Å². The average Bonchev–Trinajstić information content (AvgIpc) is 2.92. The molecule has 0 fully saturated rings. The highest BCUT2D eigenvalue weighted by molar-refractivity contribution is 5.79. The van der Waals surface area contributed by atoms with Gasteiger partial charge in [0.05, 0.1) is 6.10 Å². The Balaban J connectivity index is 1.42. The van der Waals surface area contributed by atoms with Crippen LogP contribution >= 0.6 is 0 Å². The van der Waals surface area contributed by atoms with E-state index in [4.69, 9.17) is 9.47 Å². The number of hydrogen-bond acceptors (Lipinski definition) is 7. The van der Waals surface area contributed by atoms with Gasteiger partial charge in [-0.3, -0.25) is 0 Å². The molecular formula is C28H40N4O5. The third-order valence-corrected chi connectivity index (χ3v) is 6.73. The summed E-state index contributed by atoms with van der Waals surface area (Å²) in [6.45, 7) is 4.15. The molecule has 0 radical (unpaired) electrons. The molecule has 2 aromatic rings. The Hall–Kier alpha value is -3.17. The molecule has 0 saturated heterocycles. The molecule has 0 unspecified atom stereocenters. The van der Waals surface area contributed by atoms with Gasteiger partial charge < -0.3 is 30.1 Å². The molecular weight excluding hydrogens is 472 g/mol. The molecule has 1 amide bonds. The van der Waals surface area contributed by atoms with Crippen molar-refractivity contribution in [2.75, 3.05) is 32.1 Å². The fourth-order valence-corrected chi connectivity index (χ4v) is 4.52. The zero-order valence-corrected chi connectivity index (χ0v) is 21.9. The number of benzene rings is 1. The molecule has 0 bridgehead atoms. The van der Waals surface area contributed by atoms with E-state index in [-0.39, 0.29) is 19.1 Å². The van der Waals surface area contributed by atoms with Crippen LogP contribution in [-0.2, 0) is 27.3 Å². The summed E-state index contributed by atoms with van der Waals surface area (Å²) in [5, 5.41) is 15.7. The quantitative estimate of drug-likeness (QED) is 0.306. The van der Waals surface area contributed by atoms with Gasteiger partial charge >= 0.3 is 12.1 Å². The van der Waals surface area contributed by atoms with Gasteiger partial charge in [-0.25, -0.2) is 14.6 Å². The lowest BCUT2D eigenvalue weighted by Crippen LogP contribution is -2.44. The number of aromatic nitrogens is 1. The Morgan fingerprint density at radius 1 is 1.19 bits per heavy atom. The zero-order valence-electron chi connectivity index (χ0n) is 21.9. The van der Waals surface area contributed by atoms with Crippen LogP contribution in [0.25, 0.3) is 0 Å².